The van der Waals surface area contributed by atoms with E-state index in [1.165, 1.54) is 17.7 Å². The van der Waals surface area contributed by atoms with Gasteiger partial charge in [-0.3, -0.25) is 9.59 Å². The molecule has 86 valence electrons. The maximum Gasteiger partial charge on any atom is 0.308 e. The van der Waals surface area contributed by atoms with Crippen LogP contribution in [-0.4, -0.2) is 35.5 Å². The molecule has 0 aromatic heterocycles. The number of aliphatic carboxylic acids is 1. The zero-order chi connectivity index (χ0) is 11.4. The van der Waals surface area contributed by atoms with Crippen molar-refractivity contribution in [1.82, 2.24) is 4.90 Å². The summed E-state index contributed by atoms with van der Waals surface area (Å²) in [7, 11) is 1.68. The molecule has 1 aliphatic carbocycles. The molecule has 4 heteroatoms. The molecule has 15 heavy (non-hydrogen) atoms. The Hall–Kier alpha value is -1.06. The van der Waals surface area contributed by atoms with E-state index in [9.17, 15) is 9.59 Å². The quantitative estimate of drug-likeness (QED) is 0.724. The Labute approximate surface area is 90.3 Å². The molecule has 0 spiro atoms. The van der Waals surface area contributed by atoms with E-state index < -0.39 is 11.9 Å². The number of carboxylic acids is 1. The largest absolute Gasteiger partial charge is 0.481 e. The van der Waals surface area contributed by atoms with Gasteiger partial charge in [0.1, 0.15) is 0 Å². The van der Waals surface area contributed by atoms with Crippen LogP contribution in [0.1, 0.15) is 32.6 Å². The molecule has 0 saturated heterocycles. The number of carboxylic acid groups (broad SMARTS) is 1. The van der Waals surface area contributed by atoms with Crippen molar-refractivity contribution < 1.29 is 14.7 Å². The molecule has 1 rings (SSSR count). The maximum atomic E-state index is 11.6. The average Bonchev–Trinajstić information content (AvgIpc) is 2.97. The van der Waals surface area contributed by atoms with Gasteiger partial charge in [-0.05, 0) is 12.3 Å². The zero-order valence-corrected chi connectivity index (χ0v) is 9.40. The van der Waals surface area contributed by atoms with Crippen LogP contribution in [0.3, 0.4) is 0 Å². The minimum atomic E-state index is -0.850. The molecule has 0 heterocycles. The molecule has 4 nitrogen and oxygen atoms in total. The van der Waals surface area contributed by atoms with Crippen LogP contribution in [-0.2, 0) is 9.59 Å². The highest BCUT2D eigenvalue weighted by molar-refractivity contribution is 5.77. The first-order valence-corrected chi connectivity index (χ1v) is 5.47. The van der Waals surface area contributed by atoms with Gasteiger partial charge in [-0.2, -0.15) is 0 Å². The second-order valence-corrected chi connectivity index (χ2v) is 4.50. The third-order valence-electron chi connectivity index (χ3n) is 2.86. The summed E-state index contributed by atoms with van der Waals surface area (Å²) in [5, 5.41) is 8.70. The van der Waals surface area contributed by atoms with Gasteiger partial charge in [-0.1, -0.05) is 19.8 Å². The van der Waals surface area contributed by atoms with Crippen molar-refractivity contribution in [2.45, 2.75) is 32.6 Å². The van der Waals surface area contributed by atoms with E-state index in [-0.39, 0.29) is 5.91 Å². The number of hydrogen-bond donors (Lipinski definition) is 1. The van der Waals surface area contributed by atoms with Crippen molar-refractivity contribution in [3.8, 4) is 0 Å². The number of carbonyl (C=O) groups excluding carboxylic acids is 1. The van der Waals surface area contributed by atoms with Crippen LogP contribution in [0, 0.1) is 11.8 Å². The number of hydrogen-bond acceptors (Lipinski definition) is 2. The third-order valence-corrected chi connectivity index (χ3v) is 2.86. The maximum absolute atomic E-state index is 11.6. The molecule has 0 aromatic rings. The van der Waals surface area contributed by atoms with E-state index in [1.54, 1.807) is 14.0 Å². The predicted molar refractivity (Wildman–Crippen MR) is 56.4 cm³/mol. The molecule has 1 atom stereocenters. The zero-order valence-electron chi connectivity index (χ0n) is 9.40. The Morgan fingerprint density at radius 3 is 2.53 bits per heavy atom. The summed E-state index contributed by atoms with van der Waals surface area (Å²) in [5.74, 6) is -0.522. The number of nitrogens with zero attached hydrogens (tertiary/aromatic N) is 1. The molecule has 1 amide bonds. The minimum absolute atomic E-state index is 0.0648. The second kappa shape index (κ2) is 5.14. The molecule has 0 bridgehead atoms. The van der Waals surface area contributed by atoms with Gasteiger partial charge >= 0.3 is 5.97 Å². The SMILES string of the molecule is CC(CN(C)C(=O)CCC1CC1)C(=O)O. The van der Waals surface area contributed by atoms with Gasteiger partial charge in [0, 0.05) is 20.0 Å². The first-order valence-electron chi connectivity index (χ1n) is 5.47. The van der Waals surface area contributed by atoms with Crippen molar-refractivity contribution in [1.29, 1.82) is 0 Å². The van der Waals surface area contributed by atoms with Crippen molar-refractivity contribution in [3.05, 3.63) is 0 Å². The van der Waals surface area contributed by atoms with Crippen molar-refractivity contribution in [3.63, 3.8) is 0 Å². The van der Waals surface area contributed by atoms with E-state index in [0.717, 1.165) is 12.3 Å². The Balaban J connectivity index is 2.21. The van der Waals surface area contributed by atoms with Gasteiger partial charge in [-0.25, -0.2) is 0 Å². The van der Waals surface area contributed by atoms with Crippen LogP contribution in [0.15, 0.2) is 0 Å². The monoisotopic (exact) mass is 213 g/mol. The summed E-state index contributed by atoms with van der Waals surface area (Å²) in [5.41, 5.74) is 0. The topological polar surface area (TPSA) is 57.6 Å². The lowest BCUT2D eigenvalue weighted by atomic mass is 10.1. The van der Waals surface area contributed by atoms with Crippen LogP contribution < -0.4 is 0 Å². The van der Waals surface area contributed by atoms with E-state index in [2.05, 4.69) is 0 Å². The Morgan fingerprint density at radius 1 is 1.47 bits per heavy atom. The fourth-order valence-corrected chi connectivity index (χ4v) is 1.52. The fraction of sp³-hybridized carbons (Fsp3) is 0.818. The number of amides is 1. The predicted octanol–water partition coefficient (Wildman–Crippen LogP) is 1.36. The highest BCUT2D eigenvalue weighted by atomic mass is 16.4. The number of carbonyl (C=O) groups is 2. The third kappa shape index (κ3) is 4.32. The molecule has 1 saturated carbocycles. The van der Waals surface area contributed by atoms with E-state index in [0.29, 0.717) is 13.0 Å². The molecule has 1 unspecified atom stereocenters. The lowest BCUT2D eigenvalue weighted by molar-refractivity contribution is -0.142. The highest BCUT2D eigenvalue weighted by Crippen LogP contribution is 2.33. The smallest absolute Gasteiger partial charge is 0.308 e. The summed E-state index contributed by atoms with van der Waals surface area (Å²) < 4.78 is 0. The first-order chi connectivity index (χ1) is 7.00. The molecular formula is C11H19NO3. The molecule has 1 aliphatic rings. The Kier molecular flexibility index (Phi) is 4.12. The van der Waals surface area contributed by atoms with Crippen LogP contribution >= 0.6 is 0 Å². The van der Waals surface area contributed by atoms with E-state index >= 15 is 0 Å². The Morgan fingerprint density at radius 2 is 2.07 bits per heavy atom. The lowest BCUT2D eigenvalue weighted by Gasteiger charge is -2.19. The lowest BCUT2D eigenvalue weighted by Crippen LogP contribution is -2.33. The molecule has 0 aromatic carbocycles. The normalized spacial score (nSPS) is 17.2. The molecule has 1 N–H and O–H groups in total. The van der Waals surface area contributed by atoms with Crippen molar-refractivity contribution in [2.24, 2.45) is 11.8 Å². The summed E-state index contributed by atoms with van der Waals surface area (Å²) in [4.78, 5) is 23.7. The minimum Gasteiger partial charge on any atom is -0.481 e. The van der Waals surface area contributed by atoms with E-state index in [4.69, 9.17) is 5.11 Å². The van der Waals surface area contributed by atoms with Gasteiger partial charge < -0.3 is 10.0 Å². The summed E-state index contributed by atoms with van der Waals surface area (Å²) in [6.07, 6.45) is 4.03. The summed E-state index contributed by atoms with van der Waals surface area (Å²) in [6, 6.07) is 0. The second-order valence-electron chi connectivity index (χ2n) is 4.50. The van der Waals surface area contributed by atoms with Gasteiger partial charge in [0.2, 0.25) is 5.91 Å². The van der Waals surface area contributed by atoms with Gasteiger partial charge in [0.15, 0.2) is 0 Å². The van der Waals surface area contributed by atoms with Crippen LogP contribution in [0.2, 0.25) is 0 Å². The first kappa shape index (κ1) is 12.0. The summed E-state index contributed by atoms with van der Waals surface area (Å²) in [6.45, 7) is 1.92. The highest BCUT2D eigenvalue weighted by Gasteiger charge is 2.23. The average molecular weight is 213 g/mol. The fourth-order valence-electron chi connectivity index (χ4n) is 1.52. The van der Waals surface area contributed by atoms with Gasteiger partial charge in [-0.15, -0.1) is 0 Å². The van der Waals surface area contributed by atoms with Gasteiger partial charge in [0.05, 0.1) is 5.92 Å². The summed E-state index contributed by atoms with van der Waals surface area (Å²) >= 11 is 0. The molecule has 0 radical (unpaired) electrons. The standard InChI is InChI=1S/C11H19NO3/c1-8(11(14)15)7-12(2)10(13)6-5-9-3-4-9/h8-9H,3-7H2,1-2H3,(H,14,15). The van der Waals surface area contributed by atoms with E-state index in [1.807, 2.05) is 0 Å². The molecular weight excluding hydrogens is 194 g/mol. The van der Waals surface area contributed by atoms with Crippen LogP contribution in [0.5, 0.6) is 0 Å². The van der Waals surface area contributed by atoms with Gasteiger partial charge in [0.25, 0.3) is 0 Å². The molecule has 1 fully saturated rings. The molecule has 0 aliphatic heterocycles. The number of rotatable bonds is 6. The van der Waals surface area contributed by atoms with Crippen molar-refractivity contribution >= 4 is 11.9 Å². The van der Waals surface area contributed by atoms with Crippen molar-refractivity contribution in [2.75, 3.05) is 13.6 Å². The van der Waals surface area contributed by atoms with Crippen LogP contribution in [0.25, 0.3) is 0 Å². The van der Waals surface area contributed by atoms with Crippen LogP contribution in [0.4, 0.5) is 0 Å². The Bertz CT molecular complexity index is 248.